The molecule has 106 valence electrons. The Morgan fingerprint density at radius 1 is 1.19 bits per heavy atom. The number of rotatable bonds is 1. The number of aromatic nitrogens is 2. The Labute approximate surface area is 127 Å². The molecule has 0 atom stereocenters. The number of amides is 1. The summed E-state index contributed by atoms with van der Waals surface area (Å²) in [5.41, 5.74) is 3.49. The summed E-state index contributed by atoms with van der Waals surface area (Å²) < 4.78 is 1.36. The number of hydrogen-bond acceptors (Lipinski definition) is 2. The molecule has 0 bridgehead atoms. The third kappa shape index (κ3) is 2.62. The number of hydrogen-bond donors (Lipinski definition) is 1. The van der Waals surface area contributed by atoms with E-state index >= 15 is 0 Å². The van der Waals surface area contributed by atoms with E-state index in [-0.39, 0.29) is 6.03 Å². The zero-order valence-electron chi connectivity index (χ0n) is 11.7. The molecule has 21 heavy (non-hydrogen) atoms. The second-order valence-electron chi connectivity index (χ2n) is 5.01. The Morgan fingerprint density at radius 3 is 2.81 bits per heavy atom. The highest BCUT2D eigenvalue weighted by atomic mass is 35.5. The zero-order chi connectivity index (χ0) is 15.0. The highest BCUT2D eigenvalue weighted by molar-refractivity contribution is 6.31. The number of anilines is 1. The summed E-state index contributed by atoms with van der Waals surface area (Å²) in [6.07, 6.45) is 1.68. The van der Waals surface area contributed by atoms with Crippen LogP contribution < -0.4 is 5.32 Å². The van der Waals surface area contributed by atoms with Crippen LogP contribution in [0.2, 0.25) is 5.02 Å². The summed E-state index contributed by atoms with van der Waals surface area (Å²) in [4.78, 5) is 12.4. The lowest BCUT2D eigenvalue weighted by Gasteiger charge is -2.09. The molecule has 2 aromatic carbocycles. The molecular weight excluding hydrogens is 286 g/mol. The minimum Gasteiger partial charge on any atom is -0.306 e. The van der Waals surface area contributed by atoms with Crippen molar-refractivity contribution in [2.24, 2.45) is 0 Å². The second kappa shape index (κ2) is 5.22. The smallest absolute Gasteiger partial charge is 0.306 e. The summed E-state index contributed by atoms with van der Waals surface area (Å²) in [5.74, 6) is 0. The molecule has 3 rings (SSSR count). The summed E-state index contributed by atoms with van der Waals surface area (Å²) in [5, 5.41) is 8.51. The molecule has 0 unspecified atom stereocenters. The van der Waals surface area contributed by atoms with E-state index < -0.39 is 0 Å². The van der Waals surface area contributed by atoms with Crippen molar-refractivity contribution in [3.05, 3.63) is 58.7 Å². The molecule has 1 aromatic heterocycles. The Morgan fingerprint density at radius 2 is 2.00 bits per heavy atom. The topological polar surface area (TPSA) is 46.9 Å². The third-order valence-electron chi connectivity index (χ3n) is 3.36. The lowest BCUT2D eigenvalue weighted by molar-refractivity contribution is 0.252. The van der Waals surface area contributed by atoms with Crippen LogP contribution in [0.5, 0.6) is 0 Å². The molecule has 0 saturated heterocycles. The van der Waals surface area contributed by atoms with Crippen molar-refractivity contribution >= 4 is 34.2 Å². The van der Waals surface area contributed by atoms with Gasteiger partial charge in [0.15, 0.2) is 0 Å². The van der Waals surface area contributed by atoms with Crippen molar-refractivity contribution in [3.8, 4) is 0 Å². The van der Waals surface area contributed by atoms with Gasteiger partial charge >= 0.3 is 6.03 Å². The van der Waals surface area contributed by atoms with E-state index in [1.54, 1.807) is 18.3 Å². The summed E-state index contributed by atoms with van der Waals surface area (Å²) >= 11 is 5.97. The first-order chi connectivity index (χ1) is 10.0. The van der Waals surface area contributed by atoms with E-state index in [1.165, 1.54) is 4.68 Å². The van der Waals surface area contributed by atoms with Crippen LogP contribution in [0.25, 0.3) is 10.9 Å². The number of carbonyl (C=O) groups excluding carboxylic acids is 1. The number of nitrogens with zero attached hydrogens (tertiary/aromatic N) is 2. The zero-order valence-corrected chi connectivity index (χ0v) is 12.5. The van der Waals surface area contributed by atoms with Crippen molar-refractivity contribution in [1.29, 1.82) is 0 Å². The number of benzene rings is 2. The van der Waals surface area contributed by atoms with E-state index in [0.29, 0.717) is 10.7 Å². The van der Waals surface area contributed by atoms with Crippen LogP contribution in [0.3, 0.4) is 0 Å². The number of carbonyl (C=O) groups is 1. The van der Waals surface area contributed by atoms with Crippen LogP contribution >= 0.6 is 11.6 Å². The minimum atomic E-state index is -0.305. The predicted molar refractivity (Wildman–Crippen MR) is 85.1 cm³/mol. The maximum absolute atomic E-state index is 12.4. The molecule has 3 aromatic rings. The van der Waals surface area contributed by atoms with Crippen molar-refractivity contribution < 1.29 is 4.79 Å². The fourth-order valence-corrected chi connectivity index (χ4v) is 2.36. The molecule has 1 N–H and O–H groups in total. The van der Waals surface area contributed by atoms with Gasteiger partial charge in [0.25, 0.3) is 0 Å². The van der Waals surface area contributed by atoms with Gasteiger partial charge in [0.2, 0.25) is 0 Å². The molecule has 4 nitrogen and oxygen atoms in total. The number of nitrogens with one attached hydrogen (secondary N) is 1. The van der Waals surface area contributed by atoms with Crippen molar-refractivity contribution in [3.63, 3.8) is 0 Å². The molecule has 0 saturated carbocycles. The molecule has 5 heteroatoms. The molecule has 1 heterocycles. The van der Waals surface area contributed by atoms with Crippen LogP contribution in [-0.4, -0.2) is 15.8 Å². The Hall–Kier alpha value is -2.33. The van der Waals surface area contributed by atoms with Gasteiger partial charge in [-0.15, -0.1) is 0 Å². The normalized spacial score (nSPS) is 10.8. The lowest BCUT2D eigenvalue weighted by Crippen LogP contribution is -2.21. The molecule has 0 aliphatic carbocycles. The van der Waals surface area contributed by atoms with Gasteiger partial charge in [0, 0.05) is 16.1 Å². The second-order valence-corrected chi connectivity index (χ2v) is 5.44. The molecule has 0 aliphatic heterocycles. The molecule has 0 aliphatic rings. The fraction of sp³-hybridized carbons (Fsp3) is 0.125. The Balaban J connectivity index is 1.97. The van der Waals surface area contributed by atoms with Crippen LogP contribution in [0, 0.1) is 13.8 Å². The van der Waals surface area contributed by atoms with Crippen LogP contribution in [0.4, 0.5) is 10.5 Å². The van der Waals surface area contributed by atoms with E-state index in [0.717, 1.165) is 22.0 Å². The van der Waals surface area contributed by atoms with Gasteiger partial charge in [-0.25, -0.2) is 4.79 Å². The van der Waals surface area contributed by atoms with Gasteiger partial charge in [-0.1, -0.05) is 29.8 Å². The first-order valence-corrected chi connectivity index (χ1v) is 6.94. The quantitative estimate of drug-likeness (QED) is 0.724. The number of halogens is 1. The van der Waals surface area contributed by atoms with E-state index in [2.05, 4.69) is 10.4 Å². The van der Waals surface area contributed by atoms with Crippen LogP contribution in [-0.2, 0) is 0 Å². The lowest BCUT2D eigenvalue weighted by atomic mass is 10.2. The van der Waals surface area contributed by atoms with E-state index in [4.69, 9.17) is 11.6 Å². The fourth-order valence-electron chi connectivity index (χ4n) is 2.19. The summed E-state index contributed by atoms with van der Waals surface area (Å²) in [6, 6.07) is 11.0. The Bertz CT molecular complexity index is 839. The molecule has 0 spiro atoms. The number of fused-ring (bicyclic) bond motifs is 1. The van der Waals surface area contributed by atoms with Crippen LogP contribution in [0.1, 0.15) is 11.1 Å². The SMILES string of the molecule is Cc1ccc2cnn(C(=O)Nc3cc(Cl)ccc3C)c2c1. The molecule has 0 fully saturated rings. The minimum absolute atomic E-state index is 0.305. The van der Waals surface area contributed by atoms with E-state index in [9.17, 15) is 4.79 Å². The predicted octanol–water partition coefficient (Wildman–Crippen LogP) is 4.39. The highest BCUT2D eigenvalue weighted by Crippen LogP contribution is 2.21. The molecule has 0 radical (unpaired) electrons. The van der Waals surface area contributed by atoms with Crippen molar-refractivity contribution in [2.75, 3.05) is 5.32 Å². The third-order valence-corrected chi connectivity index (χ3v) is 3.60. The van der Waals surface area contributed by atoms with Gasteiger partial charge in [-0.05, 0) is 43.2 Å². The van der Waals surface area contributed by atoms with Gasteiger partial charge < -0.3 is 5.32 Å². The average molecular weight is 300 g/mol. The first-order valence-electron chi connectivity index (χ1n) is 6.56. The monoisotopic (exact) mass is 299 g/mol. The standard InChI is InChI=1S/C16H14ClN3O/c1-10-3-5-12-9-18-20(15(12)7-10)16(21)19-14-8-13(17)6-4-11(14)2/h3-9H,1-2H3,(H,19,21). The number of aryl methyl sites for hydroxylation is 2. The van der Waals surface area contributed by atoms with Crippen LogP contribution in [0.15, 0.2) is 42.6 Å². The summed E-state index contributed by atoms with van der Waals surface area (Å²) in [7, 11) is 0. The summed E-state index contributed by atoms with van der Waals surface area (Å²) in [6.45, 7) is 3.90. The molecular formula is C16H14ClN3O. The van der Waals surface area contributed by atoms with Gasteiger partial charge in [-0.3, -0.25) is 0 Å². The van der Waals surface area contributed by atoms with Gasteiger partial charge in [-0.2, -0.15) is 9.78 Å². The van der Waals surface area contributed by atoms with E-state index in [1.807, 2.05) is 38.1 Å². The van der Waals surface area contributed by atoms with Gasteiger partial charge in [0.1, 0.15) is 0 Å². The van der Waals surface area contributed by atoms with Gasteiger partial charge in [0.05, 0.1) is 11.7 Å². The average Bonchev–Trinajstić information content (AvgIpc) is 2.85. The maximum Gasteiger partial charge on any atom is 0.347 e. The van der Waals surface area contributed by atoms with Crippen molar-refractivity contribution in [2.45, 2.75) is 13.8 Å². The van der Waals surface area contributed by atoms with Crippen molar-refractivity contribution in [1.82, 2.24) is 9.78 Å². The highest BCUT2D eigenvalue weighted by Gasteiger charge is 2.12. The maximum atomic E-state index is 12.4. The first kappa shape index (κ1) is 13.6. The molecule has 1 amide bonds. The largest absolute Gasteiger partial charge is 0.347 e. The Kier molecular flexibility index (Phi) is 3.39.